The second-order valence-electron chi connectivity index (χ2n) is 3.73. The zero-order valence-corrected chi connectivity index (χ0v) is 9.58. The molecule has 0 atom stereocenters. The summed E-state index contributed by atoms with van der Waals surface area (Å²) in [4.78, 5) is 0. The zero-order valence-electron chi connectivity index (χ0n) is 9.58. The van der Waals surface area contributed by atoms with E-state index in [2.05, 4.69) is 43.8 Å². The number of unbranched alkanes of at least 4 members (excludes halogenated alkanes) is 3. The molecule has 0 N–H and O–H groups in total. The number of benzene rings is 1. The van der Waals surface area contributed by atoms with Gasteiger partial charge in [-0.25, -0.2) is 0 Å². The maximum Gasteiger partial charge on any atom is -0.0187 e. The molecule has 1 aromatic carbocycles. The summed E-state index contributed by atoms with van der Waals surface area (Å²) >= 11 is 0. The molecule has 0 unspecified atom stereocenters. The monoisotopic (exact) mass is 200 g/mol. The average Bonchev–Trinajstić information content (AvgIpc) is 2.30. The first-order valence-corrected chi connectivity index (χ1v) is 5.76. The molecule has 0 nitrogen and oxygen atoms in total. The fourth-order valence-electron chi connectivity index (χ4n) is 1.60. The van der Waals surface area contributed by atoms with E-state index >= 15 is 0 Å². The van der Waals surface area contributed by atoms with Crippen molar-refractivity contribution in [3.05, 3.63) is 54.6 Å². The molecule has 0 spiro atoms. The van der Waals surface area contributed by atoms with Crippen molar-refractivity contribution in [1.29, 1.82) is 0 Å². The third kappa shape index (κ3) is 4.16. The van der Waals surface area contributed by atoms with E-state index in [4.69, 9.17) is 0 Å². The number of rotatable bonds is 6. The molecule has 0 saturated carbocycles. The van der Waals surface area contributed by atoms with Crippen molar-refractivity contribution in [2.75, 3.05) is 0 Å². The Bertz CT molecular complexity index is 306. The maximum atomic E-state index is 3.87. The van der Waals surface area contributed by atoms with Gasteiger partial charge < -0.3 is 0 Å². The molecule has 80 valence electrons. The number of hydrogen-bond donors (Lipinski definition) is 0. The fourth-order valence-corrected chi connectivity index (χ4v) is 1.60. The highest BCUT2D eigenvalue weighted by atomic mass is 14.0. The second-order valence-corrected chi connectivity index (χ2v) is 3.73. The largest absolute Gasteiger partial charge is 0.0985 e. The van der Waals surface area contributed by atoms with Gasteiger partial charge in [0.2, 0.25) is 0 Å². The molecule has 0 aromatic heterocycles. The zero-order chi connectivity index (χ0) is 10.9. The normalized spacial score (nSPS) is 11.4. The molecule has 0 radical (unpaired) electrons. The van der Waals surface area contributed by atoms with Crippen LogP contribution in [0.1, 0.15) is 38.2 Å². The Kier molecular flexibility index (Phi) is 5.54. The number of allylic oxidation sites excluding steroid dienone is 3. The molecule has 0 aliphatic carbocycles. The summed E-state index contributed by atoms with van der Waals surface area (Å²) in [6, 6.07) is 10.4. The van der Waals surface area contributed by atoms with E-state index in [1.165, 1.54) is 30.4 Å². The van der Waals surface area contributed by atoms with Crippen LogP contribution in [-0.4, -0.2) is 0 Å². The van der Waals surface area contributed by atoms with Crippen LogP contribution in [0.25, 0.3) is 5.57 Å². The van der Waals surface area contributed by atoms with Crippen LogP contribution in [0, 0.1) is 0 Å². The molecule has 0 bridgehead atoms. The topological polar surface area (TPSA) is 0 Å². The Balaban J connectivity index is 2.59. The molecule has 0 aliphatic heterocycles. The Morgan fingerprint density at radius 1 is 1.20 bits per heavy atom. The summed E-state index contributed by atoms with van der Waals surface area (Å²) in [7, 11) is 0. The van der Waals surface area contributed by atoms with Crippen LogP contribution in [0.15, 0.2) is 49.1 Å². The summed E-state index contributed by atoms with van der Waals surface area (Å²) in [5.74, 6) is 0. The van der Waals surface area contributed by atoms with Crippen LogP contribution in [0.4, 0.5) is 0 Å². The van der Waals surface area contributed by atoms with Gasteiger partial charge in [0.1, 0.15) is 0 Å². The third-order valence-electron chi connectivity index (χ3n) is 2.50. The standard InChI is InChI=1S/C15H20/c1-3-5-6-8-11-14(4-2)15-12-9-7-10-13-15/h4,7,9-13H,2-3,5-6,8H2,1H3/b14-11+. The van der Waals surface area contributed by atoms with Crippen molar-refractivity contribution >= 4 is 5.57 Å². The lowest BCUT2D eigenvalue weighted by Crippen LogP contribution is -1.80. The first-order valence-electron chi connectivity index (χ1n) is 5.76. The van der Waals surface area contributed by atoms with Gasteiger partial charge in [0, 0.05) is 0 Å². The Morgan fingerprint density at radius 2 is 1.93 bits per heavy atom. The first kappa shape index (κ1) is 11.8. The van der Waals surface area contributed by atoms with Crippen molar-refractivity contribution in [1.82, 2.24) is 0 Å². The average molecular weight is 200 g/mol. The van der Waals surface area contributed by atoms with Crippen LogP contribution in [0.3, 0.4) is 0 Å². The lowest BCUT2D eigenvalue weighted by atomic mass is 10.0. The summed E-state index contributed by atoms with van der Waals surface area (Å²) in [5.41, 5.74) is 2.52. The summed E-state index contributed by atoms with van der Waals surface area (Å²) < 4.78 is 0. The third-order valence-corrected chi connectivity index (χ3v) is 2.50. The van der Waals surface area contributed by atoms with Gasteiger partial charge in [0.05, 0.1) is 0 Å². The van der Waals surface area contributed by atoms with Crippen LogP contribution in [0.2, 0.25) is 0 Å². The summed E-state index contributed by atoms with van der Waals surface area (Å²) in [5, 5.41) is 0. The van der Waals surface area contributed by atoms with Crippen molar-refractivity contribution in [3.8, 4) is 0 Å². The minimum absolute atomic E-state index is 1.16. The quantitative estimate of drug-likeness (QED) is 0.455. The molecule has 0 heterocycles. The van der Waals surface area contributed by atoms with Gasteiger partial charge in [0.25, 0.3) is 0 Å². The van der Waals surface area contributed by atoms with E-state index in [9.17, 15) is 0 Å². The van der Waals surface area contributed by atoms with E-state index < -0.39 is 0 Å². The van der Waals surface area contributed by atoms with Gasteiger partial charge in [-0.1, -0.05) is 68.8 Å². The fraction of sp³-hybridized carbons (Fsp3) is 0.333. The molecular weight excluding hydrogens is 180 g/mol. The molecule has 0 aliphatic rings. The minimum Gasteiger partial charge on any atom is -0.0985 e. The molecule has 0 amide bonds. The summed E-state index contributed by atoms with van der Waals surface area (Å²) in [6.45, 7) is 6.10. The van der Waals surface area contributed by atoms with Crippen molar-refractivity contribution in [3.63, 3.8) is 0 Å². The van der Waals surface area contributed by atoms with Gasteiger partial charge in [0.15, 0.2) is 0 Å². The Labute approximate surface area is 93.3 Å². The van der Waals surface area contributed by atoms with Crippen LogP contribution >= 0.6 is 0 Å². The predicted octanol–water partition coefficient (Wildman–Crippen LogP) is 4.84. The van der Waals surface area contributed by atoms with Crippen molar-refractivity contribution in [2.45, 2.75) is 32.6 Å². The van der Waals surface area contributed by atoms with Gasteiger partial charge in [-0.15, -0.1) is 0 Å². The van der Waals surface area contributed by atoms with Crippen LogP contribution < -0.4 is 0 Å². The number of hydrogen-bond acceptors (Lipinski definition) is 0. The first-order chi connectivity index (χ1) is 7.38. The Morgan fingerprint density at radius 3 is 2.53 bits per heavy atom. The van der Waals surface area contributed by atoms with Gasteiger partial charge in [-0.3, -0.25) is 0 Å². The molecular formula is C15H20. The van der Waals surface area contributed by atoms with Gasteiger partial charge >= 0.3 is 0 Å². The minimum atomic E-state index is 1.16. The van der Waals surface area contributed by atoms with Crippen molar-refractivity contribution in [2.24, 2.45) is 0 Å². The lowest BCUT2D eigenvalue weighted by Gasteiger charge is -2.02. The van der Waals surface area contributed by atoms with Crippen LogP contribution in [-0.2, 0) is 0 Å². The van der Waals surface area contributed by atoms with Gasteiger partial charge in [-0.05, 0) is 24.0 Å². The van der Waals surface area contributed by atoms with E-state index in [1.807, 2.05) is 12.1 Å². The molecule has 1 rings (SSSR count). The second kappa shape index (κ2) is 7.05. The smallest absolute Gasteiger partial charge is 0.0187 e. The molecule has 1 aromatic rings. The molecule has 15 heavy (non-hydrogen) atoms. The SMILES string of the molecule is C=C/C(=C\CCCCC)c1ccccc1. The maximum absolute atomic E-state index is 3.87. The van der Waals surface area contributed by atoms with Crippen molar-refractivity contribution < 1.29 is 0 Å². The van der Waals surface area contributed by atoms with E-state index in [0.717, 1.165) is 6.42 Å². The Hall–Kier alpha value is -1.30. The molecule has 0 heteroatoms. The highest BCUT2D eigenvalue weighted by Crippen LogP contribution is 2.16. The van der Waals surface area contributed by atoms with Crippen LogP contribution in [0.5, 0.6) is 0 Å². The van der Waals surface area contributed by atoms with Gasteiger partial charge in [-0.2, -0.15) is 0 Å². The highest BCUT2D eigenvalue weighted by molar-refractivity contribution is 5.73. The lowest BCUT2D eigenvalue weighted by molar-refractivity contribution is 0.730. The summed E-state index contributed by atoms with van der Waals surface area (Å²) in [6.07, 6.45) is 9.27. The van der Waals surface area contributed by atoms with E-state index in [0.29, 0.717) is 0 Å². The highest BCUT2D eigenvalue weighted by Gasteiger charge is 1.94. The molecule has 0 saturated heterocycles. The predicted molar refractivity (Wildman–Crippen MR) is 68.8 cm³/mol. The van der Waals surface area contributed by atoms with E-state index in [-0.39, 0.29) is 0 Å². The molecule has 0 fully saturated rings. The van der Waals surface area contributed by atoms with E-state index in [1.54, 1.807) is 0 Å².